The molecule has 0 N–H and O–H groups in total. The van der Waals surface area contributed by atoms with Crippen LogP contribution in [-0.4, -0.2) is 14.8 Å². The molecule has 1 atom stereocenters. The number of aryl methyl sites for hydroxylation is 1. The summed E-state index contributed by atoms with van der Waals surface area (Å²) >= 11 is 0. The summed E-state index contributed by atoms with van der Waals surface area (Å²) in [6, 6.07) is 6.84. The molecule has 0 spiro atoms. The van der Waals surface area contributed by atoms with Gasteiger partial charge in [-0.3, -0.25) is 4.68 Å². The Kier molecular flexibility index (Phi) is 4.45. The third kappa shape index (κ3) is 3.39. The van der Waals surface area contributed by atoms with Crippen LogP contribution in [0.1, 0.15) is 37.7 Å². The standard InChI is InChI=1S/C14H18FN3/c1-2-3-12(8-9-18-11-16-10-17-18)13-4-6-14(15)7-5-13/h4-7,10-12H,2-3,8-9H2,1H3/t12-/m1/s1. The lowest BCUT2D eigenvalue weighted by Crippen LogP contribution is -2.06. The van der Waals surface area contributed by atoms with Crippen molar-refractivity contribution in [3.8, 4) is 0 Å². The summed E-state index contributed by atoms with van der Waals surface area (Å²) in [5, 5.41) is 4.10. The van der Waals surface area contributed by atoms with Crippen molar-refractivity contribution in [1.29, 1.82) is 0 Å². The van der Waals surface area contributed by atoms with E-state index in [9.17, 15) is 4.39 Å². The molecular weight excluding hydrogens is 229 g/mol. The molecule has 0 aliphatic carbocycles. The highest BCUT2D eigenvalue weighted by atomic mass is 19.1. The minimum absolute atomic E-state index is 0.176. The number of halogens is 1. The van der Waals surface area contributed by atoms with Gasteiger partial charge in [0.2, 0.25) is 0 Å². The fraction of sp³-hybridized carbons (Fsp3) is 0.429. The first-order chi connectivity index (χ1) is 8.79. The second-order valence-electron chi connectivity index (χ2n) is 4.48. The van der Waals surface area contributed by atoms with Gasteiger partial charge >= 0.3 is 0 Å². The van der Waals surface area contributed by atoms with Crippen LogP contribution in [0.2, 0.25) is 0 Å². The van der Waals surface area contributed by atoms with Crippen LogP contribution in [0.5, 0.6) is 0 Å². The Bertz CT molecular complexity index is 450. The number of hydrogen-bond acceptors (Lipinski definition) is 2. The highest BCUT2D eigenvalue weighted by molar-refractivity contribution is 5.20. The van der Waals surface area contributed by atoms with E-state index < -0.39 is 0 Å². The molecule has 0 aliphatic heterocycles. The van der Waals surface area contributed by atoms with Crippen molar-refractivity contribution in [2.75, 3.05) is 0 Å². The van der Waals surface area contributed by atoms with Crippen LogP contribution in [-0.2, 0) is 6.54 Å². The van der Waals surface area contributed by atoms with Crippen molar-refractivity contribution in [3.05, 3.63) is 48.3 Å². The van der Waals surface area contributed by atoms with Gasteiger partial charge in [0, 0.05) is 6.54 Å². The molecule has 0 aliphatic rings. The summed E-state index contributed by atoms with van der Waals surface area (Å²) in [6.45, 7) is 3.02. The number of aromatic nitrogens is 3. The van der Waals surface area contributed by atoms with E-state index in [1.54, 1.807) is 12.7 Å². The molecule has 2 rings (SSSR count). The molecule has 3 nitrogen and oxygen atoms in total. The number of rotatable bonds is 6. The molecule has 1 aromatic heterocycles. The summed E-state index contributed by atoms with van der Waals surface area (Å²) in [7, 11) is 0. The summed E-state index contributed by atoms with van der Waals surface area (Å²) in [5.74, 6) is 0.282. The van der Waals surface area contributed by atoms with Crippen molar-refractivity contribution in [1.82, 2.24) is 14.8 Å². The van der Waals surface area contributed by atoms with Crippen molar-refractivity contribution >= 4 is 0 Å². The zero-order valence-corrected chi connectivity index (χ0v) is 10.6. The summed E-state index contributed by atoms with van der Waals surface area (Å²) in [4.78, 5) is 3.93. The van der Waals surface area contributed by atoms with Crippen LogP contribution < -0.4 is 0 Å². The quantitative estimate of drug-likeness (QED) is 0.783. The number of hydrogen-bond donors (Lipinski definition) is 0. The minimum Gasteiger partial charge on any atom is -0.253 e. The summed E-state index contributed by atoms with van der Waals surface area (Å²) < 4.78 is 14.8. The second-order valence-corrected chi connectivity index (χ2v) is 4.48. The van der Waals surface area contributed by atoms with Gasteiger partial charge in [-0.25, -0.2) is 9.37 Å². The highest BCUT2D eigenvalue weighted by Crippen LogP contribution is 2.25. The zero-order chi connectivity index (χ0) is 12.8. The van der Waals surface area contributed by atoms with E-state index in [0.29, 0.717) is 5.92 Å². The molecule has 0 bridgehead atoms. The van der Waals surface area contributed by atoms with E-state index in [4.69, 9.17) is 0 Å². The molecule has 1 heterocycles. The lowest BCUT2D eigenvalue weighted by atomic mass is 9.91. The van der Waals surface area contributed by atoms with Crippen LogP contribution in [0, 0.1) is 5.82 Å². The third-order valence-corrected chi connectivity index (χ3v) is 3.15. The topological polar surface area (TPSA) is 30.7 Å². The Morgan fingerprint density at radius 3 is 2.61 bits per heavy atom. The molecule has 0 saturated carbocycles. The van der Waals surface area contributed by atoms with Gasteiger partial charge in [-0.05, 0) is 36.5 Å². The molecule has 0 radical (unpaired) electrons. The van der Waals surface area contributed by atoms with Gasteiger partial charge in [0.15, 0.2) is 0 Å². The third-order valence-electron chi connectivity index (χ3n) is 3.15. The molecular formula is C14H18FN3. The predicted octanol–water partition coefficient (Wildman–Crippen LogP) is 3.39. The van der Waals surface area contributed by atoms with E-state index in [1.807, 2.05) is 16.8 Å². The van der Waals surface area contributed by atoms with E-state index in [1.165, 1.54) is 17.7 Å². The Balaban J connectivity index is 2.01. The maximum atomic E-state index is 12.9. The first kappa shape index (κ1) is 12.7. The molecule has 0 unspecified atom stereocenters. The lowest BCUT2D eigenvalue weighted by molar-refractivity contribution is 0.487. The average Bonchev–Trinajstić information content (AvgIpc) is 2.89. The van der Waals surface area contributed by atoms with Crippen LogP contribution in [0.15, 0.2) is 36.9 Å². The first-order valence-corrected chi connectivity index (χ1v) is 6.37. The van der Waals surface area contributed by atoms with Crippen molar-refractivity contribution in [2.24, 2.45) is 0 Å². The van der Waals surface area contributed by atoms with Crippen LogP contribution in [0.3, 0.4) is 0 Å². The molecule has 0 saturated heterocycles. The van der Waals surface area contributed by atoms with Crippen LogP contribution in [0.25, 0.3) is 0 Å². The summed E-state index contributed by atoms with van der Waals surface area (Å²) in [6.07, 6.45) is 6.52. The highest BCUT2D eigenvalue weighted by Gasteiger charge is 2.11. The molecule has 2 aromatic rings. The SMILES string of the molecule is CCC[C@H](CCn1cncn1)c1ccc(F)cc1. The number of benzene rings is 1. The molecule has 1 aromatic carbocycles. The van der Waals surface area contributed by atoms with Gasteiger partial charge in [0.25, 0.3) is 0 Å². The Labute approximate surface area is 107 Å². The van der Waals surface area contributed by atoms with Gasteiger partial charge in [-0.15, -0.1) is 0 Å². The Morgan fingerprint density at radius 2 is 2.00 bits per heavy atom. The van der Waals surface area contributed by atoms with Crippen molar-refractivity contribution in [2.45, 2.75) is 38.6 Å². The first-order valence-electron chi connectivity index (χ1n) is 6.37. The summed E-state index contributed by atoms with van der Waals surface area (Å²) in [5.41, 5.74) is 1.21. The maximum Gasteiger partial charge on any atom is 0.137 e. The minimum atomic E-state index is -0.176. The maximum absolute atomic E-state index is 12.9. The predicted molar refractivity (Wildman–Crippen MR) is 68.7 cm³/mol. The van der Waals surface area contributed by atoms with Gasteiger partial charge in [0.1, 0.15) is 18.5 Å². The smallest absolute Gasteiger partial charge is 0.137 e. The van der Waals surface area contributed by atoms with Gasteiger partial charge in [0.05, 0.1) is 0 Å². The Hall–Kier alpha value is -1.71. The molecule has 18 heavy (non-hydrogen) atoms. The molecule has 0 amide bonds. The normalized spacial score (nSPS) is 12.6. The monoisotopic (exact) mass is 247 g/mol. The van der Waals surface area contributed by atoms with Crippen LogP contribution in [0.4, 0.5) is 4.39 Å². The molecule has 96 valence electrons. The second kappa shape index (κ2) is 6.28. The van der Waals surface area contributed by atoms with Gasteiger partial charge in [-0.2, -0.15) is 5.10 Å². The van der Waals surface area contributed by atoms with Crippen LogP contribution >= 0.6 is 0 Å². The van der Waals surface area contributed by atoms with E-state index in [-0.39, 0.29) is 5.82 Å². The Morgan fingerprint density at radius 1 is 1.22 bits per heavy atom. The largest absolute Gasteiger partial charge is 0.253 e. The molecule has 0 fully saturated rings. The lowest BCUT2D eigenvalue weighted by Gasteiger charge is -2.16. The van der Waals surface area contributed by atoms with E-state index in [0.717, 1.165) is 25.8 Å². The van der Waals surface area contributed by atoms with E-state index >= 15 is 0 Å². The zero-order valence-electron chi connectivity index (χ0n) is 10.6. The van der Waals surface area contributed by atoms with Crippen molar-refractivity contribution in [3.63, 3.8) is 0 Å². The fourth-order valence-corrected chi connectivity index (χ4v) is 2.20. The number of nitrogens with zero attached hydrogens (tertiary/aromatic N) is 3. The fourth-order valence-electron chi connectivity index (χ4n) is 2.20. The van der Waals surface area contributed by atoms with E-state index in [2.05, 4.69) is 17.0 Å². The van der Waals surface area contributed by atoms with Gasteiger partial charge in [-0.1, -0.05) is 25.5 Å². The van der Waals surface area contributed by atoms with Crippen molar-refractivity contribution < 1.29 is 4.39 Å². The molecule has 4 heteroatoms. The van der Waals surface area contributed by atoms with Gasteiger partial charge < -0.3 is 0 Å². The average molecular weight is 247 g/mol.